The molecule has 0 aliphatic rings. The second kappa shape index (κ2) is 3.24. The van der Waals surface area contributed by atoms with E-state index in [1.54, 1.807) is 12.3 Å². The highest BCUT2D eigenvalue weighted by Gasteiger charge is 2.10. The number of aromatic nitrogens is 2. The Morgan fingerprint density at radius 2 is 2.25 bits per heavy atom. The van der Waals surface area contributed by atoms with Crippen LogP contribution in [0.15, 0.2) is 30.5 Å². The fourth-order valence-corrected chi connectivity index (χ4v) is 2.75. The molecule has 4 N–H and O–H groups in total. The molecule has 80 valence electrons. The summed E-state index contributed by atoms with van der Waals surface area (Å²) in [5.41, 5.74) is 7.21. The number of nitrogen functional groups attached to an aromatic ring is 1. The summed E-state index contributed by atoms with van der Waals surface area (Å²) in [6.45, 7) is 0. The lowest BCUT2D eigenvalue weighted by molar-refractivity contribution is 0.482. The second-order valence-corrected chi connectivity index (χ2v) is 4.56. The van der Waals surface area contributed by atoms with E-state index in [0.717, 1.165) is 20.7 Å². The van der Waals surface area contributed by atoms with E-state index in [1.165, 1.54) is 11.3 Å². The summed E-state index contributed by atoms with van der Waals surface area (Å²) < 4.78 is 0.867. The highest BCUT2D eigenvalue weighted by atomic mass is 32.1. The molecule has 0 aliphatic carbocycles. The number of nitrogens with two attached hydrogens (primary N) is 1. The monoisotopic (exact) mass is 231 g/mol. The molecule has 0 amide bonds. The summed E-state index contributed by atoms with van der Waals surface area (Å²) >= 11 is 1.49. The summed E-state index contributed by atoms with van der Waals surface area (Å²) in [6, 6.07) is 7.45. The zero-order valence-corrected chi connectivity index (χ0v) is 9.08. The minimum atomic E-state index is 0.298. The van der Waals surface area contributed by atoms with Gasteiger partial charge >= 0.3 is 0 Å². The van der Waals surface area contributed by atoms with E-state index >= 15 is 0 Å². The van der Waals surface area contributed by atoms with Crippen molar-refractivity contribution in [2.45, 2.75) is 0 Å². The largest absolute Gasteiger partial charge is 0.506 e. The van der Waals surface area contributed by atoms with Crippen LogP contribution in [0.5, 0.6) is 5.75 Å². The number of nitrogens with zero attached hydrogens (tertiary/aromatic N) is 1. The molecule has 3 rings (SSSR count). The smallest absolute Gasteiger partial charge is 0.133 e. The van der Waals surface area contributed by atoms with E-state index in [2.05, 4.69) is 10.2 Å². The van der Waals surface area contributed by atoms with E-state index < -0.39 is 0 Å². The molecule has 0 spiro atoms. The van der Waals surface area contributed by atoms with Gasteiger partial charge in [0.2, 0.25) is 0 Å². The van der Waals surface area contributed by atoms with Crippen molar-refractivity contribution < 1.29 is 5.11 Å². The molecule has 0 saturated carbocycles. The van der Waals surface area contributed by atoms with Crippen LogP contribution in [-0.2, 0) is 0 Å². The standard InChI is InChI=1S/C11H9N3OS/c12-7-5-13-14-10(7)9-4-6-2-1-3-8(15)11(6)16-9/h1-5,15H,12H2,(H,13,14). The maximum atomic E-state index is 9.70. The number of benzene rings is 1. The number of phenols is 1. The fourth-order valence-electron chi connectivity index (χ4n) is 1.66. The predicted molar refractivity (Wildman–Crippen MR) is 65.5 cm³/mol. The molecule has 2 aromatic heterocycles. The maximum Gasteiger partial charge on any atom is 0.133 e. The fraction of sp³-hybridized carbons (Fsp3) is 0. The van der Waals surface area contributed by atoms with Crippen molar-refractivity contribution in [3.63, 3.8) is 0 Å². The molecule has 0 saturated heterocycles. The van der Waals surface area contributed by atoms with Crippen molar-refractivity contribution in [2.24, 2.45) is 0 Å². The number of aromatic amines is 1. The Balaban J connectivity index is 2.27. The Hall–Kier alpha value is -2.01. The van der Waals surface area contributed by atoms with Gasteiger partial charge in [0.15, 0.2) is 0 Å². The number of phenolic OH excluding ortho intramolecular Hbond substituents is 1. The molecule has 0 bridgehead atoms. The molecule has 4 nitrogen and oxygen atoms in total. The number of H-pyrrole nitrogens is 1. The van der Waals surface area contributed by atoms with E-state index in [1.807, 2.05) is 18.2 Å². The van der Waals surface area contributed by atoms with Crippen LogP contribution >= 0.6 is 11.3 Å². The van der Waals surface area contributed by atoms with E-state index in [-0.39, 0.29) is 0 Å². The number of thiophene rings is 1. The number of nitrogens with one attached hydrogen (secondary N) is 1. The van der Waals surface area contributed by atoms with Gasteiger partial charge in [0.1, 0.15) is 5.75 Å². The molecular formula is C11H9N3OS. The van der Waals surface area contributed by atoms with Crippen LogP contribution in [0.3, 0.4) is 0 Å². The van der Waals surface area contributed by atoms with E-state index in [0.29, 0.717) is 11.4 Å². The van der Waals surface area contributed by atoms with Gasteiger partial charge in [-0.1, -0.05) is 12.1 Å². The first-order chi connectivity index (χ1) is 7.75. The molecule has 2 heterocycles. The van der Waals surface area contributed by atoms with Gasteiger partial charge in [-0.2, -0.15) is 5.10 Å². The number of hydrogen-bond acceptors (Lipinski definition) is 4. The lowest BCUT2D eigenvalue weighted by Crippen LogP contribution is -1.83. The Morgan fingerprint density at radius 3 is 2.94 bits per heavy atom. The molecule has 0 radical (unpaired) electrons. The lowest BCUT2D eigenvalue weighted by atomic mass is 10.2. The van der Waals surface area contributed by atoms with Crippen molar-refractivity contribution in [3.8, 4) is 16.3 Å². The van der Waals surface area contributed by atoms with Gasteiger partial charge < -0.3 is 10.8 Å². The Kier molecular flexibility index (Phi) is 1.87. The molecule has 16 heavy (non-hydrogen) atoms. The van der Waals surface area contributed by atoms with Gasteiger partial charge in [-0.05, 0) is 17.5 Å². The summed E-state index contributed by atoms with van der Waals surface area (Å²) in [5, 5.41) is 17.5. The number of aromatic hydroxyl groups is 1. The quantitative estimate of drug-likeness (QED) is 0.602. The first-order valence-electron chi connectivity index (χ1n) is 4.76. The van der Waals surface area contributed by atoms with Crippen LogP contribution in [-0.4, -0.2) is 15.3 Å². The Labute approximate surface area is 95.3 Å². The predicted octanol–water partition coefficient (Wildman–Crippen LogP) is 2.58. The van der Waals surface area contributed by atoms with Crippen molar-refractivity contribution in [3.05, 3.63) is 30.5 Å². The molecule has 0 aliphatic heterocycles. The minimum absolute atomic E-state index is 0.298. The van der Waals surface area contributed by atoms with Crippen molar-refractivity contribution in [1.82, 2.24) is 10.2 Å². The third kappa shape index (κ3) is 1.25. The van der Waals surface area contributed by atoms with Gasteiger partial charge in [-0.3, -0.25) is 5.10 Å². The summed E-state index contributed by atoms with van der Waals surface area (Å²) in [7, 11) is 0. The molecular weight excluding hydrogens is 222 g/mol. The van der Waals surface area contributed by atoms with Gasteiger partial charge in [-0.15, -0.1) is 11.3 Å². The van der Waals surface area contributed by atoms with Gasteiger partial charge in [0.05, 0.1) is 27.2 Å². The highest BCUT2D eigenvalue weighted by Crippen LogP contribution is 2.38. The van der Waals surface area contributed by atoms with Crippen LogP contribution in [0.2, 0.25) is 0 Å². The summed E-state index contributed by atoms with van der Waals surface area (Å²) in [6.07, 6.45) is 1.58. The normalized spacial score (nSPS) is 11.0. The summed E-state index contributed by atoms with van der Waals surface area (Å²) in [4.78, 5) is 0.978. The minimum Gasteiger partial charge on any atom is -0.506 e. The van der Waals surface area contributed by atoms with Crippen molar-refractivity contribution in [2.75, 3.05) is 5.73 Å². The number of anilines is 1. The van der Waals surface area contributed by atoms with Gasteiger partial charge in [-0.25, -0.2) is 0 Å². The maximum absolute atomic E-state index is 9.70. The SMILES string of the molecule is Nc1cn[nH]c1-c1cc2cccc(O)c2s1. The van der Waals surface area contributed by atoms with Gasteiger partial charge in [0, 0.05) is 0 Å². The second-order valence-electron chi connectivity index (χ2n) is 3.51. The number of hydrogen-bond donors (Lipinski definition) is 3. The number of rotatable bonds is 1. The summed E-state index contributed by atoms with van der Waals surface area (Å²) in [5.74, 6) is 0.298. The van der Waals surface area contributed by atoms with Crippen LogP contribution < -0.4 is 5.73 Å². The third-order valence-electron chi connectivity index (χ3n) is 2.44. The zero-order chi connectivity index (χ0) is 11.1. The Morgan fingerprint density at radius 1 is 1.38 bits per heavy atom. The molecule has 0 fully saturated rings. The Bertz CT molecular complexity index is 656. The van der Waals surface area contributed by atoms with Crippen LogP contribution in [0.4, 0.5) is 5.69 Å². The lowest BCUT2D eigenvalue weighted by Gasteiger charge is -1.92. The topological polar surface area (TPSA) is 74.9 Å². The van der Waals surface area contributed by atoms with Gasteiger partial charge in [0.25, 0.3) is 0 Å². The van der Waals surface area contributed by atoms with Crippen LogP contribution in [0.1, 0.15) is 0 Å². The molecule has 5 heteroatoms. The van der Waals surface area contributed by atoms with Crippen LogP contribution in [0, 0.1) is 0 Å². The molecule has 0 unspecified atom stereocenters. The molecule has 0 atom stereocenters. The van der Waals surface area contributed by atoms with Crippen LogP contribution in [0.25, 0.3) is 20.7 Å². The van der Waals surface area contributed by atoms with E-state index in [4.69, 9.17) is 5.73 Å². The third-order valence-corrected chi connectivity index (χ3v) is 3.63. The van der Waals surface area contributed by atoms with E-state index in [9.17, 15) is 5.11 Å². The molecule has 1 aromatic carbocycles. The first kappa shape index (κ1) is 9.23. The average molecular weight is 231 g/mol. The van der Waals surface area contributed by atoms with Crippen molar-refractivity contribution in [1.29, 1.82) is 0 Å². The molecule has 3 aromatic rings. The highest BCUT2D eigenvalue weighted by molar-refractivity contribution is 7.22. The zero-order valence-electron chi connectivity index (χ0n) is 8.27. The number of fused-ring (bicyclic) bond motifs is 1. The van der Waals surface area contributed by atoms with Crippen molar-refractivity contribution >= 4 is 27.1 Å². The average Bonchev–Trinajstić information content (AvgIpc) is 2.84. The first-order valence-corrected chi connectivity index (χ1v) is 5.58.